The Morgan fingerprint density at radius 1 is 1.10 bits per heavy atom. The van der Waals surface area contributed by atoms with Crippen molar-refractivity contribution in [2.45, 2.75) is 45.2 Å². The van der Waals surface area contributed by atoms with Crippen molar-refractivity contribution in [1.82, 2.24) is 9.47 Å². The fourth-order valence-electron chi connectivity index (χ4n) is 4.72. The molecule has 162 valence electrons. The maximum Gasteiger partial charge on any atom is 0.322 e. The minimum absolute atomic E-state index is 0.0472. The number of rotatable bonds is 3. The largest absolute Gasteiger partial charge is 0.493 e. The Labute approximate surface area is 186 Å². The number of carbonyl (C=O) groups is 1. The first kappa shape index (κ1) is 20.0. The van der Waals surface area contributed by atoms with Crippen LogP contribution in [0.2, 0.25) is 0 Å². The van der Waals surface area contributed by atoms with Crippen molar-refractivity contribution in [2.75, 3.05) is 19.5 Å². The molecule has 3 aromatic rings. The smallest absolute Gasteiger partial charge is 0.322 e. The van der Waals surface area contributed by atoms with E-state index in [1.807, 2.05) is 22.3 Å². The van der Waals surface area contributed by atoms with Crippen molar-refractivity contribution in [3.63, 3.8) is 0 Å². The number of carbonyl (C=O) groups excluding carboxylic acids is 1. The van der Waals surface area contributed by atoms with Gasteiger partial charge in [-0.1, -0.05) is 0 Å². The van der Waals surface area contributed by atoms with E-state index in [1.165, 1.54) is 33.8 Å². The second kappa shape index (κ2) is 7.96. The molecule has 0 spiro atoms. The number of aromatic nitrogens is 1. The Morgan fingerprint density at radius 2 is 1.90 bits per heavy atom. The summed E-state index contributed by atoms with van der Waals surface area (Å²) in [5.74, 6) is 1.23. The molecule has 0 fully saturated rings. The molecule has 1 aromatic carbocycles. The van der Waals surface area contributed by atoms with Crippen molar-refractivity contribution in [3.05, 3.63) is 58.2 Å². The van der Waals surface area contributed by atoms with Crippen molar-refractivity contribution in [2.24, 2.45) is 0 Å². The van der Waals surface area contributed by atoms with Gasteiger partial charge in [0.25, 0.3) is 0 Å². The predicted octanol–water partition coefficient (Wildman–Crippen LogP) is 5.54. The van der Waals surface area contributed by atoms with Gasteiger partial charge in [-0.3, -0.25) is 0 Å². The highest BCUT2D eigenvalue weighted by Gasteiger charge is 2.33. The number of ether oxygens (including phenoxy) is 2. The van der Waals surface area contributed by atoms with E-state index in [0.717, 1.165) is 18.5 Å². The van der Waals surface area contributed by atoms with E-state index in [-0.39, 0.29) is 12.1 Å². The standard InChI is InChI=1S/C24H27N3O3S/c1-15-19-8-6-12-26(19)23-18(17-7-4-5-9-22(17)31-23)14-27(15)24(28)25-16-10-11-20(29-2)21(13-16)30-3/h6,8,10-13,15H,4-5,7,9,14H2,1-3H3,(H,25,28). The molecule has 1 aliphatic carbocycles. The Balaban J connectivity index is 1.50. The van der Waals surface area contributed by atoms with E-state index in [0.29, 0.717) is 23.7 Å². The van der Waals surface area contributed by atoms with Crippen LogP contribution in [0.25, 0.3) is 5.00 Å². The molecule has 2 amide bonds. The second-order valence-corrected chi connectivity index (χ2v) is 9.19. The van der Waals surface area contributed by atoms with Gasteiger partial charge in [-0.05, 0) is 62.4 Å². The lowest BCUT2D eigenvalue weighted by Crippen LogP contribution is -2.36. The summed E-state index contributed by atoms with van der Waals surface area (Å²) in [6, 6.07) is 9.46. The number of amides is 2. The third-order valence-corrected chi connectivity index (χ3v) is 7.71. The van der Waals surface area contributed by atoms with E-state index >= 15 is 0 Å². The van der Waals surface area contributed by atoms with E-state index < -0.39 is 0 Å². The number of benzene rings is 1. The zero-order valence-corrected chi connectivity index (χ0v) is 18.9. The van der Waals surface area contributed by atoms with Gasteiger partial charge in [-0.15, -0.1) is 11.3 Å². The van der Waals surface area contributed by atoms with Crippen LogP contribution in [0.4, 0.5) is 10.5 Å². The molecule has 7 heteroatoms. The van der Waals surface area contributed by atoms with Gasteiger partial charge in [0.1, 0.15) is 5.00 Å². The molecule has 1 atom stereocenters. The average Bonchev–Trinajstić information content (AvgIpc) is 3.39. The lowest BCUT2D eigenvalue weighted by molar-refractivity contribution is 0.189. The monoisotopic (exact) mass is 437 g/mol. The number of methoxy groups -OCH3 is 2. The molecule has 0 saturated carbocycles. The first-order valence-corrected chi connectivity index (χ1v) is 11.5. The Morgan fingerprint density at radius 3 is 2.71 bits per heavy atom. The summed E-state index contributed by atoms with van der Waals surface area (Å²) in [4.78, 5) is 16.9. The van der Waals surface area contributed by atoms with E-state index in [2.05, 4.69) is 35.1 Å². The number of urea groups is 1. The maximum absolute atomic E-state index is 13.5. The number of hydrogen-bond acceptors (Lipinski definition) is 4. The van der Waals surface area contributed by atoms with E-state index in [9.17, 15) is 4.79 Å². The van der Waals surface area contributed by atoms with Crippen LogP contribution in [0, 0.1) is 0 Å². The first-order valence-electron chi connectivity index (χ1n) is 10.7. The normalized spacial score (nSPS) is 17.3. The molecule has 0 radical (unpaired) electrons. The van der Waals surface area contributed by atoms with E-state index in [1.54, 1.807) is 26.4 Å². The van der Waals surface area contributed by atoms with Gasteiger partial charge in [0.2, 0.25) is 0 Å². The molecule has 2 aliphatic rings. The van der Waals surface area contributed by atoms with Crippen LogP contribution < -0.4 is 14.8 Å². The van der Waals surface area contributed by atoms with Gasteiger partial charge < -0.3 is 24.3 Å². The SMILES string of the molecule is COc1ccc(NC(=O)N2Cc3c(sc4c3CCCC4)-n3cccc3C2C)cc1OC. The summed E-state index contributed by atoms with van der Waals surface area (Å²) >= 11 is 1.90. The lowest BCUT2D eigenvalue weighted by atomic mass is 9.95. The fourth-order valence-corrected chi connectivity index (χ4v) is 6.12. The van der Waals surface area contributed by atoms with Crippen molar-refractivity contribution in [1.29, 1.82) is 0 Å². The Kier molecular flexibility index (Phi) is 5.14. The molecular formula is C24H27N3O3S. The van der Waals surface area contributed by atoms with Gasteiger partial charge in [0.15, 0.2) is 11.5 Å². The summed E-state index contributed by atoms with van der Waals surface area (Å²) in [5.41, 5.74) is 4.59. The molecule has 1 unspecified atom stereocenters. The van der Waals surface area contributed by atoms with Crippen LogP contribution >= 0.6 is 11.3 Å². The van der Waals surface area contributed by atoms with E-state index in [4.69, 9.17) is 9.47 Å². The van der Waals surface area contributed by atoms with Crippen LogP contribution in [0.5, 0.6) is 11.5 Å². The number of anilines is 1. The topological polar surface area (TPSA) is 55.7 Å². The number of thiophene rings is 1. The molecule has 0 saturated heterocycles. The molecule has 6 nitrogen and oxygen atoms in total. The van der Waals surface area contributed by atoms with Crippen molar-refractivity contribution in [3.8, 4) is 16.5 Å². The van der Waals surface area contributed by atoms with Crippen LogP contribution in [-0.2, 0) is 19.4 Å². The third-order valence-electron chi connectivity index (χ3n) is 6.38. The molecule has 5 rings (SSSR count). The minimum atomic E-state index is -0.115. The number of nitrogens with zero attached hydrogens (tertiary/aromatic N) is 2. The van der Waals surface area contributed by atoms with Gasteiger partial charge >= 0.3 is 6.03 Å². The lowest BCUT2D eigenvalue weighted by Gasteiger charge is -2.28. The molecule has 31 heavy (non-hydrogen) atoms. The fraction of sp³-hybridized carbons (Fsp3) is 0.375. The summed E-state index contributed by atoms with van der Waals surface area (Å²) in [6.07, 6.45) is 6.86. The quantitative estimate of drug-likeness (QED) is 0.585. The number of aryl methyl sites for hydroxylation is 1. The molecule has 1 N–H and O–H groups in total. The van der Waals surface area contributed by atoms with Crippen LogP contribution in [0.15, 0.2) is 36.5 Å². The summed E-state index contributed by atoms with van der Waals surface area (Å²) in [5, 5.41) is 4.35. The highest BCUT2D eigenvalue weighted by atomic mass is 32.1. The summed E-state index contributed by atoms with van der Waals surface area (Å²) in [7, 11) is 3.19. The predicted molar refractivity (Wildman–Crippen MR) is 123 cm³/mol. The highest BCUT2D eigenvalue weighted by molar-refractivity contribution is 7.15. The van der Waals surface area contributed by atoms with Gasteiger partial charge in [-0.25, -0.2) is 4.79 Å². The summed E-state index contributed by atoms with van der Waals surface area (Å²) < 4.78 is 13.0. The Hall–Kier alpha value is -2.93. The maximum atomic E-state index is 13.5. The van der Waals surface area contributed by atoms with Gasteiger partial charge in [0, 0.05) is 34.1 Å². The number of fused-ring (bicyclic) bond motifs is 5. The molecule has 1 aliphatic heterocycles. The van der Waals surface area contributed by atoms with Crippen LogP contribution in [-0.4, -0.2) is 29.7 Å². The average molecular weight is 438 g/mol. The molecule has 3 heterocycles. The Bertz CT molecular complexity index is 1130. The second-order valence-electron chi connectivity index (χ2n) is 8.10. The molecular weight excluding hydrogens is 410 g/mol. The minimum Gasteiger partial charge on any atom is -0.493 e. The van der Waals surface area contributed by atoms with Gasteiger partial charge in [0.05, 0.1) is 26.8 Å². The third kappa shape index (κ3) is 3.37. The molecule has 0 bridgehead atoms. The van der Waals surface area contributed by atoms with Gasteiger partial charge in [-0.2, -0.15) is 0 Å². The number of hydrogen-bond donors (Lipinski definition) is 1. The zero-order chi connectivity index (χ0) is 21.5. The zero-order valence-electron chi connectivity index (χ0n) is 18.1. The highest BCUT2D eigenvalue weighted by Crippen LogP contribution is 2.42. The van der Waals surface area contributed by atoms with Crippen LogP contribution in [0.1, 0.15) is 47.5 Å². The molecule has 2 aromatic heterocycles. The van der Waals surface area contributed by atoms with Crippen molar-refractivity contribution >= 4 is 23.1 Å². The number of nitrogens with one attached hydrogen (secondary N) is 1. The van der Waals surface area contributed by atoms with Crippen molar-refractivity contribution < 1.29 is 14.3 Å². The summed E-state index contributed by atoms with van der Waals surface area (Å²) in [6.45, 7) is 2.71. The first-order chi connectivity index (χ1) is 15.1. The van der Waals surface area contributed by atoms with Crippen LogP contribution in [0.3, 0.4) is 0 Å².